The van der Waals surface area contributed by atoms with E-state index in [-0.39, 0.29) is 23.5 Å². The molecule has 2 heterocycles. The van der Waals surface area contributed by atoms with Crippen LogP contribution in [0.3, 0.4) is 0 Å². The van der Waals surface area contributed by atoms with E-state index in [1.807, 2.05) is 40.3 Å². The maximum absolute atomic E-state index is 13.1. The molecule has 0 radical (unpaired) electrons. The molecule has 1 atom stereocenters. The molecule has 7 nitrogen and oxygen atoms in total. The van der Waals surface area contributed by atoms with Crippen molar-refractivity contribution in [3.05, 3.63) is 71.6 Å². The largest absolute Gasteiger partial charge is 0.331 e. The summed E-state index contributed by atoms with van der Waals surface area (Å²) in [6, 6.07) is 16.1. The average molecular weight is 484 g/mol. The molecule has 0 saturated heterocycles. The van der Waals surface area contributed by atoms with E-state index in [4.69, 9.17) is 0 Å². The number of nitrogens with one attached hydrogen (secondary N) is 2. The van der Waals surface area contributed by atoms with Crippen molar-refractivity contribution >= 4 is 34.1 Å². The van der Waals surface area contributed by atoms with Crippen LogP contribution in [0.5, 0.6) is 0 Å². The van der Waals surface area contributed by atoms with Crippen LogP contribution in [0.1, 0.15) is 18.8 Å². The lowest BCUT2D eigenvalue weighted by Gasteiger charge is -2.18. The van der Waals surface area contributed by atoms with E-state index in [0.717, 1.165) is 17.1 Å². The number of hydrogen-bond donors (Lipinski definition) is 2. The molecule has 0 bridgehead atoms. The van der Waals surface area contributed by atoms with Crippen LogP contribution >= 0.6 is 23.1 Å². The molecule has 1 amide bonds. The summed E-state index contributed by atoms with van der Waals surface area (Å²) in [5, 5.41) is 14.6. The number of amides is 1. The highest BCUT2D eigenvalue weighted by molar-refractivity contribution is 7.99. The molecule has 4 aromatic rings. The Bertz CT molecular complexity index is 1220. The molecule has 0 unspecified atom stereocenters. The van der Waals surface area contributed by atoms with E-state index >= 15 is 0 Å². The van der Waals surface area contributed by atoms with Gasteiger partial charge in [-0.25, -0.2) is 9.37 Å². The Labute approximate surface area is 199 Å². The second kappa shape index (κ2) is 10.2. The maximum atomic E-state index is 13.1. The number of hydrogen-bond acceptors (Lipinski definition) is 6. The third-order valence-electron chi connectivity index (χ3n) is 5.15. The fourth-order valence-corrected chi connectivity index (χ4v) is 4.60. The summed E-state index contributed by atoms with van der Waals surface area (Å²) >= 11 is 2.66. The van der Waals surface area contributed by atoms with Gasteiger partial charge in [-0.1, -0.05) is 30.0 Å². The normalized spacial score (nSPS) is 12.2. The molecule has 0 spiro atoms. The van der Waals surface area contributed by atoms with Gasteiger partial charge in [-0.3, -0.25) is 9.36 Å². The molecule has 0 aliphatic rings. The summed E-state index contributed by atoms with van der Waals surface area (Å²) in [5.41, 5.74) is 2.44. The van der Waals surface area contributed by atoms with Gasteiger partial charge in [-0.15, -0.1) is 21.5 Å². The second-order valence-electron chi connectivity index (χ2n) is 7.69. The molecule has 0 aliphatic heterocycles. The van der Waals surface area contributed by atoms with Crippen molar-refractivity contribution in [2.75, 3.05) is 25.2 Å². The quantitative estimate of drug-likeness (QED) is 0.376. The Morgan fingerprint density at radius 1 is 1.15 bits per heavy atom. The van der Waals surface area contributed by atoms with Crippen LogP contribution in [0, 0.1) is 5.82 Å². The molecule has 170 valence electrons. The lowest BCUT2D eigenvalue weighted by atomic mass is 10.2. The number of carbonyl (C=O) groups is 1. The van der Waals surface area contributed by atoms with Crippen LogP contribution in [0.4, 0.5) is 9.52 Å². The summed E-state index contributed by atoms with van der Waals surface area (Å²) < 4.78 is 15.1. The predicted octanol–water partition coefficient (Wildman–Crippen LogP) is 3.47. The Kier molecular flexibility index (Phi) is 7.17. The zero-order valence-corrected chi connectivity index (χ0v) is 20.1. The van der Waals surface area contributed by atoms with Crippen molar-refractivity contribution in [2.24, 2.45) is 0 Å². The van der Waals surface area contributed by atoms with Crippen LogP contribution < -0.4 is 10.2 Å². The zero-order chi connectivity index (χ0) is 23.4. The number of anilines is 1. The smallest absolute Gasteiger partial charge is 0.236 e. The van der Waals surface area contributed by atoms with Gasteiger partial charge in [0.2, 0.25) is 5.91 Å². The van der Waals surface area contributed by atoms with E-state index in [1.165, 1.54) is 40.1 Å². The molecule has 0 saturated carbocycles. The summed E-state index contributed by atoms with van der Waals surface area (Å²) in [6.07, 6.45) is 0. The van der Waals surface area contributed by atoms with Crippen molar-refractivity contribution < 1.29 is 14.1 Å². The maximum Gasteiger partial charge on any atom is 0.236 e. The van der Waals surface area contributed by atoms with Crippen LogP contribution in [0.25, 0.3) is 16.9 Å². The molecule has 33 heavy (non-hydrogen) atoms. The van der Waals surface area contributed by atoms with E-state index in [1.54, 1.807) is 12.1 Å². The minimum absolute atomic E-state index is 0.126. The molecule has 2 N–H and O–H groups in total. The van der Waals surface area contributed by atoms with E-state index in [2.05, 4.69) is 41.5 Å². The first-order valence-electron chi connectivity index (χ1n) is 10.4. The highest BCUT2D eigenvalue weighted by Crippen LogP contribution is 2.27. The molecule has 4 rings (SSSR count). The summed E-state index contributed by atoms with van der Waals surface area (Å²) in [7, 11) is 4.15. The van der Waals surface area contributed by atoms with Gasteiger partial charge in [0.05, 0.1) is 25.5 Å². The number of para-hydroxylation sites is 1. The number of quaternary nitrogens is 1. The van der Waals surface area contributed by atoms with E-state index in [9.17, 15) is 9.18 Å². The second-order valence-corrected chi connectivity index (χ2v) is 9.49. The van der Waals surface area contributed by atoms with Crippen LogP contribution in [0.15, 0.2) is 65.1 Å². The van der Waals surface area contributed by atoms with E-state index in [0.29, 0.717) is 16.0 Å². The molecular formula is C23H24FN6OS2+. The molecule has 2 aromatic heterocycles. The van der Waals surface area contributed by atoms with Crippen molar-refractivity contribution in [2.45, 2.75) is 18.1 Å². The first-order valence-corrected chi connectivity index (χ1v) is 12.2. The van der Waals surface area contributed by atoms with Gasteiger partial charge in [0.25, 0.3) is 0 Å². The van der Waals surface area contributed by atoms with Crippen molar-refractivity contribution in [1.82, 2.24) is 19.7 Å². The SMILES string of the molecule is C[C@H](c1nnc(SCC(=O)Nc2nc(-c3ccc(F)cc3)cs2)n1-c1ccccc1)[NH+](C)C. The minimum atomic E-state index is -0.299. The average Bonchev–Trinajstić information content (AvgIpc) is 3.45. The van der Waals surface area contributed by atoms with Crippen LogP contribution in [0.2, 0.25) is 0 Å². The van der Waals surface area contributed by atoms with Gasteiger partial charge in [0.1, 0.15) is 11.9 Å². The fourth-order valence-electron chi connectivity index (χ4n) is 3.10. The van der Waals surface area contributed by atoms with Crippen molar-refractivity contribution in [3.8, 4) is 16.9 Å². The Morgan fingerprint density at radius 2 is 1.88 bits per heavy atom. The third kappa shape index (κ3) is 5.47. The monoisotopic (exact) mass is 483 g/mol. The summed E-state index contributed by atoms with van der Waals surface area (Å²) in [5.74, 6) is 0.524. The predicted molar refractivity (Wildman–Crippen MR) is 129 cm³/mol. The number of carbonyl (C=O) groups excluding carboxylic acids is 1. The van der Waals surface area contributed by atoms with Gasteiger partial charge in [0.15, 0.2) is 16.1 Å². The highest BCUT2D eigenvalue weighted by atomic mass is 32.2. The van der Waals surface area contributed by atoms with Crippen LogP contribution in [-0.2, 0) is 4.79 Å². The first kappa shape index (κ1) is 23.1. The number of aromatic nitrogens is 4. The number of thioether (sulfide) groups is 1. The minimum Gasteiger partial charge on any atom is -0.331 e. The lowest BCUT2D eigenvalue weighted by Crippen LogP contribution is -3.05. The molecule has 0 fully saturated rings. The molecule has 0 aliphatic carbocycles. The standard InChI is InChI=1S/C23H23FN6OS2/c1-15(29(2)3)21-27-28-23(30(21)18-7-5-4-6-8-18)33-14-20(31)26-22-25-19(13-32-22)16-9-11-17(24)12-10-16/h4-13,15H,14H2,1-3H3,(H,25,26,31)/p+1/t15-/m1/s1. The Morgan fingerprint density at radius 3 is 2.58 bits per heavy atom. The molecular weight excluding hydrogens is 459 g/mol. The zero-order valence-electron chi connectivity index (χ0n) is 18.4. The molecule has 2 aromatic carbocycles. The number of thiazole rings is 1. The van der Waals surface area contributed by atoms with Crippen LogP contribution in [-0.4, -0.2) is 45.5 Å². The Balaban J connectivity index is 1.46. The summed E-state index contributed by atoms with van der Waals surface area (Å²) in [4.78, 5) is 18.3. The first-order chi connectivity index (χ1) is 15.9. The number of benzene rings is 2. The lowest BCUT2D eigenvalue weighted by molar-refractivity contribution is -0.890. The third-order valence-corrected chi connectivity index (χ3v) is 6.84. The highest BCUT2D eigenvalue weighted by Gasteiger charge is 2.23. The topological polar surface area (TPSA) is 77.1 Å². The van der Waals surface area contributed by atoms with Gasteiger partial charge < -0.3 is 10.2 Å². The van der Waals surface area contributed by atoms with Gasteiger partial charge >= 0.3 is 0 Å². The van der Waals surface area contributed by atoms with Crippen molar-refractivity contribution in [3.63, 3.8) is 0 Å². The van der Waals surface area contributed by atoms with E-state index < -0.39 is 0 Å². The fraction of sp³-hybridized carbons (Fsp3) is 0.217. The number of halogens is 1. The number of nitrogens with zero attached hydrogens (tertiary/aromatic N) is 4. The Hall–Kier alpha value is -3.08. The number of rotatable bonds is 8. The summed E-state index contributed by atoms with van der Waals surface area (Å²) in [6.45, 7) is 2.10. The van der Waals surface area contributed by atoms with Gasteiger partial charge in [-0.2, -0.15) is 0 Å². The van der Waals surface area contributed by atoms with Crippen molar-refractivity contribution in [1.29, 1.82) is 0 Å². The van der Waals surface area contributed by atoms with Gasteiger partial charge in [-0.05, 0) is 43.3 Å². The van der Waals surface area contributed by atoms with Gasteiger partial charge in [0, 0.05) is 16.6 Å². The molecule has 10 heteroatoms.